The third kappa shape index (κ3) is 2.08. The summed E-state index contributed by atoms with van der Waals surface area (Å²) in [6.45, 7) is 0. The number of benzene rings is 1. The van der Waals surface area contributed by atoms with Gasteiger partial charge in [0, 0.05) is 23.5 Å². The molecule has 0 aliphatic rings. The molecule has 1 aromatic carbocycles. The van der Waals surface area contributed by atoms with Crippen molar-refractivity contribution in [3.63, 3.8) is 0 Å². The predicted molar refractivity (Wildman–Crippen MR) is 76.7 cm³/mol. The molecule has 6 nitrogen and oxygen atoms in total. The Hall–Kier alpha value is -3.22. The molecule has 108 valence electrons. The fourth-order valence-corrected chi connectivity index (χ4v) is 2.25. The third-order valence-electron chi connectivity index (χ3n) is 3.30. The van der Waals surface area contributed by atoms with Crippen molar-refractivity contribution in [2.75, 3.05) is 0 Å². The van der Waals surface area contributed by atoms with Gasteiger partial charge in [0.25, 0.3) is 0 Å². The van der Waals surface area contributed by atoms with E-state index in [9.17, 15) is 9.18 Å². The molecule has 0 saturated carbocycles. The molecule has 3 aromatic heterocycles. The van der Waals surface area contributed by atoms with Gasteiger partial charge in [0.2, 0.25) is 0 Å². The molecule has 22 heavy (non-hydrogen) atoms. The predicted octanol–water partition coefficient (Wildman–Crippen LogP) is 2.48. The Kier molecular flexibility index (Phi) is 2.65. The summed E-state index contributed by atoms with van der Waals surface area (Å²) in [6.07, 6.45) is 3.60. The number of hydrogen-bond donors (Lipinski definition) is 1. The smallest absolute Gasteiger partial charge is 0.306 e. The van der Waals surface area contributed by atoms with E-state index in [2.05, 4.69) is 19.6 Å². The van der Waals surface area contributed by atoms with Crippen LogP contribution < -0.4 is 5.76 Å². The van der Waals surface area contributed by atoms with Gasteiger partial charge in [0.1, 0.15) is 11.5 Å². The van der Waals surface area contributed by atoms with Crippen LogP contribution in [-0.2, 0) is 0 Å². The number of fused-ring (bicyclic) bond motifs is 1. The van der Waals surface area contributed by atoms with Crippen molar-refractivity contribution in [1.29, 1.82) is 0 Å². The van der Waals surface area contributed by atoms with Gasteiger partial charge in [0.15, 0.2) is 5.82 Å². The van der Waals surface area contributed by atoms with Crippen LogP contribution in [0.4, 0.5) is 4.39 Å². The lowest BCUT2D eigenvalue weighted by Crippen LogP contribution is -1.95. The second kappa shape index (κ2) is 4.66. The van der Waals surface area contributed by atoms with Crippen molar-refractivity contribution >= 4 is 5.65 Å². The maximum Gasteiger partial charge on any atom is 0.439 e. The number of imidazole rings is 1. The van der Waals surface area contributed by atoms with Crippen LogP contribution in [-0.4, -0.2) is 19.5 Å². The Bertz CT molecular complexity index is 1010. The quantitative estimate of drug-likeness (QED) is 0.616. The highest BCUT2D eigenvalue weighted by molar-refractivity contribution is 5.64. The van der Waals surface area contributed by atoms with Gasteiger partial charge in [0.05, 0.1) is 5.69 Å². The molecule has 0 unspecified atom stereocenters. The van der Waals surface area contributed by atoms with E-state index in [1.807, 2.05) is 6.20 Å². The lowest BCUT2D eigenvalue weighted by Gasteiger charge is -1.96. The maximum absolute atomic E-state index is 13.0. The summed E-state index contributed by atoms with van der Waals surface area (Å²) in [5, 5.41) is 3.65. The Morgan fingerprint density at radius 1 is 1.05 bits per heavy atom. The van der Waals surface area contributed by atoms with Gasteiger partial charge in [-0.05, 0) is 36.4 Å². The maximum atomic E-state index is 13.0. The number of H-pyrrole nitrogens is 1. The number of nitrogens with zero attached hydrogens (tertiary/aromatic N) is 3. The third-order valence-corrected chi connectivity index (χ3v) is 3.30. The topological polar surface area (TPSA) is 76.2 Å². The van der Waals surface area contributed by atoms with E-state index in [4.69, 9.17) is 0 Å². The summed E-state index contributed by atoms with van der Waals surface area (Å²) in [4.78, 5) is 18.0. The fraction of sp³-hybridized carbons (Fsp3) is 0. The highest BCUT2D eigenvalue weighted by Crippen LogP contribution is 2.21. The van der Waals surface area contributed by atoms with E-state index in [1.165, 1.54) is 12.1 Å². The largest absolute Gasteiger partial charge is 0.439 e. The van der Waals surface area contributed by atoms with Crippen molar-refractivity contribution < 1.29 is 8.91 Å². The SMILES string of the molecule is O=c1[nH]c(-c2ccc3nc(-c4ccc(F)cc4)cn3c2)no1. The van der Waals surface area contributed by atoms with E-state index in [0.717, 1.165) is 16.9 Å². The molecule has 0 spiro atoms. The molecule has 4 rings (SSSR count). The average molecular weight is 296 g/mol. The molecule has 0 aliphatic heterocycles. The minimum Gasteiger partial charge on any atom is -0.306 e. The second-order valence-electron chi connectivity index (χ2n) is 4.76. The number of aromatic amines is 1. The summed E-state index contributed by atoms with van der Waals surface area (Å²) < 4.78 is 19.3. The van der Waals surface area contributed by atoms with Crippen LogP contribution in [0.25, 0.3) is 28.3 Å². The van der Waals surface area contributed by atoms with E-state index in [-0.39, 0.29) is 5.82 Å². The van der Waals surface area contributed by atoms with Crippen molar-refractivity contribution in [2.45, 2.75) is 0 Å². The normalized spacial score (nSPS) is 11.1. The van der Waals surface area contributed by atoms with E-state index in [1.54, 1.807) is 34.9 Å². The van der Waals surface area contributed by atoms with Crippen LogP contribution in [0.15, 0.2) is 58.1 Å². The lowest BCUT2D eigenvalue weighted by atomic mass is 10.2. The molecule has 4 aromatic rings. The number of aromatic nitrogens is 4. The number of halogens is 1. The van der Waals surface area contributed by atoms with Crippen LogP contribution in [0.2, 0.25) is 0 Å². The Morgan fingerprint density at radius 3 is 2.55 bits per heavy atom. The molecule has 0 atom stereocenters. The highest BCUT2D eigenvalue weighted by Gasteiger charge is 2.08. The molecule has 0 amide bonds. The average Bonchev–Trinajstić information content (AvgIpc) is 3.13. The monoisotopic (exact) mass is 296 g/mol. The van der Waals surface area contributed by atoms with Crippen molar-refractivity contribution in [3.05, 3.63) is 65.2 Å². The summed E-state index contributed by atoms with van der Waals surface area (Å²) in [6, 6.07) is 9.72. The zero-order chi connectivity index (χ0) is 15.1. The Balaban J connectivity index is 1.81. The summed E-state index contributed by atoms with van der Waals surface area (Å²) in [7, 11) is 0. The lowest BCUT2D eigenvalue weighted by molar-refractivity contribution is 0.388. The van der Waals surface area contributed by atoms with Crippen molar-refractivity contribution in [3.8, 4) is 22.6 Å². The molecule has 7 heteroatoms. The van der Waals surface area contributed by atoms with Crippen LogP contribution in [0.1, 0.15) is 0 Å². The number of hydrogen-bond acceptors (Lipinski definition) is 4. The molecule has 0 fully saturated rings. The van der Waals surface area contributed by atoms with Gasteiger partial charge in [-0.1, -0.05) is 5.16 Å². The first-order valence-corrected chi connectivity index (χ1v) is 6.50. The van der Waals surface area contributed by atoms with Crippen molar-refractivity contribution in [1.82, 2.24) is 19.5 Å². The summed E-state index contributed by atoms with van der Waals surface area (Å²) >= 11 is 0. The van der Waals surface area contributed by atoms with Gasteiger partial charge in [-0.3, -0.25) is 9.51 Å². The molecular weight excluding hydrogens is 287 g/mol. The zero-order valence-electron chi connectivity index (χ0n) is 11.2. The van der Waals surface area contributed by atoms with Crippen LogP contribution in [0, 0.1) is 5.82 Å². The first kappa shape index (κ1) is 12.5. The number of pyridine rings is 1. The molecule has 0 radical (unpaired) electrons. The van der Waals surface area contributed by atoms with Gasteiger partial charge in [-0.25, -0.2) is 14.2 Å². The molecule has 0 saturated heterocycles. The van der Waals surface area contributed by atoms with Gasteiger partial charge in [-0.2, -0.15) is 0 Å². The van der Waals surface area contributed by atoms with Crippen LogP contribution >= 0.6 is 0 Å². The van der Waals surface area contributed by atoms with Crippen molar-refractivity contribution in [2.24, 2.45) is 0 Å². The minimum absolute atomic E-state index is 0.287. The summed E-state index contributed by atoms with van der Waals surface area (Å²) in [5.74, 6) is -0.540. The number of rotatable bonds is 2. The molecule has 1 N–H and O–H groups in total. The first-order valence-electron chi connectivity index (χ1n) is 6.50. The molecule has 3 heterocycles. The van der Waals surface area contributed by atoms with E-state index in [0.29, 0.717) is 11.4 Å². The molecule has 0 aliphatic carbocycles. The minimum atomic E-state index is -0.604. The van der Waals surface area contributed by atoms with Gasteiger partial charge < -0.3 is 4.40 Å². The standard InChI is InChI=1S/C15H9FN4O2/c16-11-4-1-9(2-5-11)12-8-20-7-10(3-6-13(20)17-12)14-18-15(21)22-19-14/h1-8H,(H,18,19,21). The Morgan fingerprint density at radius 2 is 1.82 bits per heavy atom. The zero-order valence-corrected chi connectivity index (χ0v) is 11.2. The molecule has 0 bridgehead atoms. The van der Waals surface area contributed by atoms with Crippen LogP contribution in [0.5, 0.6) is 0 Å². The van der Waals surface area contributed by atoms with Gasteiger partial charge >= 0.3 is 5.76 Å². The number of nitrogens with one attached hydrogen (secondary N) is 1. The van der Waals surface area contributed by atoms with Gasteiger partial charge in [-0.15, -0.1) is 0 Å². The van der Waals surface area contributed by atoms with E-state index < -0.39 is 5.76 Å². The first-order chi connectivity index (χ1) is 10.7. The fourth-order valence-electron chi connectivity index (χ4n) is 2.25. The Labute approximate surface area is 122 Å². The highest BCUT2D eigenvalue weighted by atomic mass is 19.1. The molecular formula is C15H9FN4O2. The van der Waals surface area contributed by atoms with Crippen LogP contribution in [0.3, 0.4) is 0 Å². The van der Waals surface area contributed by atoms with E-state index >= 15 is 0 Å². The summed E-state index contributed by atoms with van der Waals surface area (Å²) in [5.41, 5.74) is 2.97. The second-order valence-corrected chi connectivity index (χ2v) is 4.76.